The number of benzene rings is 1. The molecule has 1 aromatic rings. The molecule has 0 radical (unpaired) electrons. The number of allylic oxidation sites excluding steroid dienone is 1. The maximum atomic E-state index is 4.00. The number of likely N-dealkylation sites (N-methyl/N-ethyl adjacent to an activating group) is 1. The van der Waals surface area contributed by atoms with Crippen molar-refractivity contribution in [3.8, 4) is 0 Å². The largest absolute Gasteiger partial charge is 0.342 e. The first kappa shape index (κ1) is 8.11. The molecule has 2 rings (SSSR count). The van der Waals surface area contributed by atoms with E-state index in [0.29, 0.717) is 0 Å². The van der Waals surface area contributed by atoms with Crippen molar-refractivity contribution in [1.82, 2.24) is 0 Å². The second-order valence-electron chi connectivity index (χ2n) is 3.13. The van der Waals surface area contributed by atoms with Gasteiger partial charge in [0.15, 0.2) is 0 Å². The highest BCUT2D eigenvalue weighted by Crippen LogP contribution is 2.29. The van der Waals surface area contributed by atoms with Crippen molar-refractivity contribution < 1.29 is 0 Å². The SMILES string of the molecule is C=C1C=Cc2ccccc2N1CC. The standard InChI is InChI=1S/C12H13N/c1-3-13-10(2)8-9-11-6-4-5-7-12(11)13/h4-9H,2-3H2,1H3. The van der Waals surface area contributed by atoms with Crippen LogP contribution in [0.1, 0.15) is 12.5 Å². The van der Waals surface area contributed by atoms with Gasteiger partial charge in [-0.1, -0.05) is 30.9 Å². The number of hydrogen-bond donors (Lipinski definition) is 0. The predicted molar refractivity (Wildman–Crippen MR) is 57.6 cm³/mol. The molecule has 1 aromatic carbocycles. The van der Waals surface area contributed by atoms with Gasteiger partial charge in [-0.05, 0) is 24.6 Å². The summed E-state index contributed by atoms with van der Waals surface area (Å²) < 4.78 is 0. The lowest BCUT2D eigenvalue weighted by atomic mass is 10.1. The molecule has 0 N–H and O–H groups in total. The summed E-state index contributed by atoms with van der Waals surface area (Å²) in [4.78, 5) is 2.22. The second-order valence-corrected chi connectivity index (χ2v) is 3.13. The van der Waals surface area contributed by atoms with Crippen LogP contribution < -0.4 is 4.90 Å². The average molecular weight is 171 g/mol. The van der Waals surface area contributed by atoms with Crippen LogP contribution in [0.2, 0.25) is 0 Å². The third kappa shape index (κ3) is 1.26. The fourth-order valence-corrected chi connectivity index (χ4v) is 1.68. The zero-order valence-corrected chi connectivity index (χ0v) is 7.83. The lowest BCUT2D eigenvalue weighted by Crippen LogP contribution is -2.22. The van der Waals surface area contributed by atoms with E-state index in [2.05, 4.69) is 54.8 Å². The molecule has 0 amide bonds. The van der Waals surface area contributed by atoms with Crippen molar-refractivity contribution >= 4 is 11.8 Å². The Balaban J connectivity index is 2.53. The first-order valence-electron chi connectivity index (χ1n) is 4.56. The minimum absolute atomic E-state index is 0.972. The Morgan fingerprint density at radius 2 is 2.00 bits per heavy atom. The lowest BCUT2D eigenvalue weighted by molar-refractivity contribution is 0.975. The topological polar surface area (TPSA) is 3.24 Å². The van der Waals surface area contributed by atoms with Crippen LogP contribution in [0.25, 0.3) is 6.08 Å². The molecular weight excluding hydrogens is 158 g/mol. The van der Waals surface area contributed by atoms with Gasteiger partial charge in [0, 0.05) is 17.9 Å². The summed E-state index contributed by atoms with van der Waals surface area (Å²) in [5.41, 5.74) is 3.61. The van der Waals surface area contributed by atoms with Crippen LogP contribution in [0.5, 0.6) is 0 Å². The number of nitrogens with zero attached hydrogens (tertiary/aromatic N) is 1. The van der Waals surface area contributed by atoms with Gasteiger partial charge in [0.1, 0.15) is 0 Å². The summed E-state index contributed by atoms with van der Waals surface area (Å²) in [7, 11) is 0. The third-order valence-corrected chi connectivity index (χ3v) is 2.35. The Morgan fingerprint density at radius 1 is 1.23 bits per heavy atom. The molecule has 0 saturated carbocycles. The van der Waals surface area contributed by atoms with Gasteiger partial charge < -0.3 is 4.90 Å². The molecule has 0 aromatic heterocycles. The number of rotatable bonds is 1. The summed E-state index contributed by atoms with van der Waals surface area (Å²) in [5, 5.41) is 0. The average Bonchev–Trinajstić information content (AvgIpc) is 2.18. The quantitative estimate of drug-likeness (QED) is 0.627. The molecule has 0 saturated heterocycles. The van der Waals surface area contributed by atoms with Crippen LogP contribution in [0.15, 0.2) is 42.6 Å². The molecule has 1 aliphatic heterocycles. The summed E-state index contributed by atoms with van der Waals surface area (Å²) in [5.74, 6) is 0. The summed E-state index contributed by atoms with van der Waals surface area (Å²) in [6.45, 7) is 7.12. The number of anilines is 1. The highest BCUT2D eigenvalue weighted by Gasteiger charge is 2.12. The van der Waals surface area contributed by atoms with Crippen LogP contribution in [-0.2, 0) is 0 Å². The number of para-hydroxylation sites is 1. The zero-order chi connectivity index (χ0) is 9.26. The highest BCUT2D eigenvalue weighted by atomic mass is 15.1. The van der Waals surface area contributed by atoms with E-state index in [1.54, 1.807) is 0 Å². The van der Waals surface area contributed by atoms with E-state index in [1.807, 2.05) is 0 Å². The maximum absolute atomic E-state index is 4.00. The molecule has 1 heterocycles. The molecule has 0 spiro atoms. The van der Waals surface area contributed by atoms with Crippen molar-refractivity contribution in [2.75, 3.05) is 11.4 Å². The van der Waals surface area contributed by atoms with E-state index < -0.39 is 0 Å². The predicted octanol–water partition coefficient (Wildman–Crippen LogP) is 3.05. The van der Waals surface area contributed by atoms with Gasteiger partial charge in [-0.15, -0.1) is 0 Å². The van der Waals surface area contributed by atoms with Gasteiger partial charge >= 0.3 is 0 Å². The highest BCUT2D eigenvalue weighted by molar-refractivity contribution is 5.75. The molecule has 1 heteroatoms. The van der Waals surface area contributed by atoms with Crippen LogP contribution in [0.4, 0.5) is 5.69 Å². The third-order valence-electron chi connectivity index (χ3n) is 2.35. The van der Waals surface area contributed by atoms with Gasteiger partial charge in [0.05, 0.1) is 0 Å². The molecule has 1 aliphatic rings. The van der Waals surface area contributed by atoms with Gasteiger partial charge in [-0.25, -0.2) is 0 Å². The Morgan fingerprint density at radius 3 is 2.77 bits per heavy atom. The Labute approximate surface area is 79.0 Å². The molecular formula is C12H13N. The van der Waals surface area contributed by atoms with Crippen LogP contribution >= 0.6 is 0 Å². The van der Waals surface area contributed by atoms with Crippen LogP contribution in [0.3, 0.4) is 0 Å². The van der Waals surface area contributed by atoms with Crippen molar-refractivity contribution in [2.45, 2.75) is 6.92 Å². The first-order valence-corrected chi connectivity index (χ1v) is 4.56. The molecule has 13 heavy (non-hydrogen) atoms. The smallest absolute Gasteiger partial charge is 0.0484 e. The first-order chi connectivity index (χ1) is 6.33. The van der Waals surface area contributed by atoms with Gasteiger partial charge in [-0.2, -0.15) is 0 Å². The molecule has 1 nitrogen and oxygen atoms in total. The zero-order valence-electron chi connectivity index (χ0n) is 7.83. The monoisotopic (exact) mass is 171 g/mol. The Kier molecular flexibility index (Phi) is 1.93. The van der Waals surface area contributed by atoms with E-state index in [0.717, 1.165) is 12.2 Å². The van der Waals surface area contributed by atoms with Crippen LogP contribution in [0, 0.1) is 0 Å². The van der Waals surface area contributed by atoms with Crippen molar-refractivity contribution in [3.63, 3.8) is 0 Å². The van der Waals surface area contributed by atoms with Crippen molar-refractivity contribution in [2.24, 2.45) is 0 Å². The summed E-state index contributed by atoms with van der Waals surface area (Å²) in [6.07, 6.45) is 4.18. The Hall–Kier alpha value is -1.50. The fraction of sp³-hybridized carbons (Fsp3) is 0.167. The van der Waals surface area contributed by atoms with E-state index >= 15 is 0 Å². The lowest BCUT2D eigenvalue weighted by Gasteiger charge is -2.28. The van der Waals surface area contributed by atoms with E-state index in [-0.39, 0.29) is 0 Å². The van der Waals surface area contributed by atoms with E-state index in [4.69, 9.17) is 0 Å². The van der Waals surface area contributed by atoms with Crippen molar-refractivity contribution in [3.05, 3.63) is 48.2 Å². The molecule has 66 valence electrons. The molecule has 0 aliphatic carbocycles. The molecule has 0 atom stereocenters. The fourth-order valence-electron chi connectivity index (χ4n) is 1.68. The normalized spacial score (nSPS) is 14.5. The van der Waals surface area contributed by atoms with E-state index in [9.17, 15) is 0 Å². The van der Waals surface area contributed by atoms with Gasteiger partial charge in [0.2, 0.25) is 0 Å². The maximum Gasteiger partial charge on any atom is 0.0484 e. The van der Waals surface area contributed by atoms with E-state index in [1.165, 1.54) is 11.3 Å². The molecule has 0 bridgehead atoms. The minimum atomic E-state index is 0.972. The van der Waals surface area contributed by atoms with Crippen LogP contribution in [-0.4, -0.2) is 6.54 Å². The number of hydrogen-bond acceptors (Lipinski definition) is 1. The summed E-state index contributed by atoms with van der Waals surface area (Å²) >= 11 is 0. The summed E-state index contributed by atoms with van der Waals surface area (Å²) in [6, 6.07) is 8.38. The minimum Gasteiger partial charge on any atom is -0.342 e. The second kappa shape index (κ2) is 3.09. The number of fused-ring (bicyclic) bond motifs is 1. The van der Waals surface area contributed by atoms with Crippen molar-refractivity contribution in [1.29, 1.82) is 0 Å². The van der Waals surface area contributed by atoms with Gasteiger partial charge in [0.25, 0.3) is 0 Å². The molecule has 0 unspecified atom stereocenters. The Bertz CT molecular complexity index is 363. The van der Waals surface area contributed by atoms with Gasteiger partial charge in [-0.3, -0.25) is 0 Å². The molecule has 0 fully saturated rings.